The number of carboxylic acid groups (broad SMARTS) is 2. The molecule has 0 fully saturated rings. The predicted molar refractivity (Wildman–Crippen MR) is 430 cm³/mol. The van der Waals surface area contributed by atoms with Crippen LogP contribution in [0, 0.1) is 0 Å². The number of carbonyl (C=O) groups excluding carboxylic acids is 6. The summed E-state index contributed by atoms with van der Waals surface area (Å²) in [5.74, 6) is -2.36. The number of carbonyl (C=O) groups is 8. The molecule has 0 radical (unpaired) electrons. The molecule has 4 aliphatic rings. The Hall–Kier alpha value is -9.64. The van der Waals surface area contributed by atoms with E-state index in [9.17, 15) is 53.7 Å². The van der Waals surface area contributed by atoms with Crippen LogP contribution in [0.25, 0.3) is 22.3 Å². The fourth-order valence-corrected chi connectivity index (χ4v) is 13.1. The third-order valence-corrected chi connectivity index (χ3v) is 19.1. The summed E-state index contributed by atoms with van der Waals surface area (Å²) in [6, 6.07) is 51.3. The second kappa shape index (κ2) is 51.1. The van der Waals surface area contributed by atoms with Gasteiger partial charge < -0.3 is 77.0 Å². The van der Waals surface area contributed by atoms with Gasteiger partial charge in [-0.25, -0.2) is 19.2 Å². The molecule has 0 heterocycles. The van der Waals surface area contributed by atoms with E-state index in [0.717, 1.165) is 130 Å². The molecule has 7 aromatic carbocycles. The van der Waals surface area contributed by atoms with E-state index in [1.54, 1.807) is 24.3 Å². The molecule has 0 bridgehead atoms. The number of esters is 3. The number of hydrogen-bond acceptors (Lipinski definition) is 18. The molecule has 23 nitrogen and oxygen atoms in total. The van der Waals surface area contributed by atoms with Crippen molar-refractivity contribution in [2.24, 2.45) is 5.73 Å². The third kappa shape index (κ3) is 34.1. The van der Waals surface area contributed by atoms with Gasteiger partial charge in [-0.3, -0.25) is 19.2 Å². The van der Waals surface area contributed by atoms with Crippen LogP contribution in [0.15, 0.2) is 224 Å². The van der Waals surface area contributed by atoms with E-state index < -0.39 is 19.1 Å². The summed E-state index contributed by atoms with van der Waals surface area (Å²) in [7, 11) is 2.67. The molecular formula is C85H98BBr2N4NaO19. The van der Waals surface area contributed by atoms with Gasteiger partial charge in [-0.1, -0.05) is 141 Å². The van der Waals surface area contributed by atoms with Gasteiger partial charge in [-0.2, -0.15) is 0 Å². The minimum Gasteiger partial charge on any atom is -0.870 e. The van der Waals surface area contributed by atoms with Crippen LogP contribution in [0.4, 0.5) is 0 Å². The number of ether oxygens (including phenoxy) is 3. The van der Waals surface area contributed by atoms with Crippen molar-refractivity contribution in [3.05, 3.63) is 246 Å². The van der Waals surface area contributed by atoms with Crippen LogP contribution in [0.3, 0.4) is 0 Å². The van der Waals surface area contributed by atoms with E-state index in [4.69, 9.17) is 35.5 Å². The minimum absolute atomic E-state index is 0. The fraction of sp³-hybridized carbons (Fsp3) is 0.318. The zero-order chi connectivity index (χ0) is 79.9. The first-order chi connectivity index (χ1) is 52.8. The number of nitrogens with two attached hydrogens (primary N) is 1. The standard InChI is InChI=1S/C23H25NO4.C22H23NO4.C17H20BrNO3.C9H9BrO2.C8H13NO2.C6H7BO3.Na.H2O/c1-28-23(27)20-7-2-3-8-21(20)24-22(26)14-9-16-5-4-6-18(15-16)17-10-12-19(25)13-11-17;24-18-11-9-16(10-12-18)17-5-3-4-15(14-17)8-13-21(25)23-20-7-2-1-6-19(20)22(26)27;1-22-17(21)14-7-2-3-8-15(14)19-16(20)10-9-12-5-4-6-13(18)11-12;10-8-3-1-2-7(6-8)4-5-9(11)12;1-11-8(10)6-4-2-3-5-7(6)9;8-6-3-1-5(2-4-6)7(9)10;;/h4-6,10-13,15,25H,2-3,7-9,14H2,1H3,(H,24,26);3-5,9-12,14,24H,1-2,6-8,13H2,(H,23,25)(H,26,27);4-6,11H,2-3,7-10H2,1H3,(H,19,20);1-3,6H,4-5H2,(H,11,12);2-5,9H2,1H3;1-4,8-10H;;1H2/q;;;;;;+1;/p-1. The van der Waals surface area contributed by atoms with Crippen LogP contribution in [-0.2, 0) is 78.3 Å². The molecule has 3 amide bonds. The molecule has 0 aromatic heterocycles. The topological polar surface area (TPSA) is 398 Å². The summed E-state index contributed by atoms with van der Waals surface area (Å²) in [6.45, 7) is 0. The van der Waals surface area contributed by atoms with E-state index in [2.05, 4.69) is 58.6 Å². The smallest absolute Gasteiger partial charge is 0.870 e. The molecule has 4 aliphatic carbocycles. The number of allylic oxidation sites excluding steroid dienone is 4. The normalized spacial score (nSPS) is 13.4. The number of amides is 3. The number of carboxylic acids is 2. The molecule has 13 N–H and O–H groups in total. The van der Waals surface area contributed by atoms with E-state index in [0.29, 0.717) is 122 Å². The second-order valence-electron chi connectivity index (χ2n) is 26.2. The number of hydrogen-bond donors (Lipinski definition) is 11. The van der Waals surface area contributed by atoms with Crippen LogP contribution in [-0.4, -0.2) is 117 Å². The molecule has 7 aromatic rings. The Kier molecular flexibility index (Phi) is 43.2. The van der Waals surface area contributed by atoms with Crippen molar-refractivity contribution in [3.63, 3.8) is 0 Å². The predicted octanol–water partition coefficient (Wildman–Crippen LogP) is 10.9. The van der Waals surface area contributed by atoms with Crippen molar-refractivity contribution in [3.8, 4) is 39.5 Å². The van der Waals surface area contributed by atoms with Crippen LogP contribution in [0.1, 0.15) is 151 Å². The molecular weight excluding hydrogens is 1570 g/mol. The van der Waals surface area contributed by atoms with E-state index in [1.165, 1.54) is 45.6 Å². The molecule has 0 aliphatic heterocycles. The van der Waals surface area contributed by atoms with Crippen molar-refractivity contribution in [2.45, 2.75) is 154 Å². The fourth-order valence-electron chi connectivity index (χ4n) is 12.2. The van der Waals surface area contributed by atoms with Gasteiger partial charge in [-0.15, -0.1) is 0 Å². The summed E-state index contributed by atoms with van der Waals surface area (Å²) >= 11 is 6.74. The zero-order valence-electron chi connectivity index (χ0n) is 63.6. The first-order valence-electron chi connectivity index (χ1n) is 36.5. The van der Waals surface area contributed by atoms with Gasteiger partial charge in [0, 0.05) is 57.4 Å². The van der Waals surface area contributed by atoms with Crippen molar-refractivity contribution >= 4 is 92.0 Å². The number of methoxy groups -OCH3 is 3. The average Bonchev–Trinajstić information content (AvgIpc) is 0.860. The van der Waals surface area contributed by atoms with Gasteiger partial charge in [0.1, 0.15) is 17.2 Å². The molecule has 590 valence electrons. The van der Waals surface area contributed by atoms with Gasteiger partial charge >= 0.3 is 66.5 Å². The number of nitrogens with one attached hydrogen (secondary N) is 3. The van der Waals surface area contributed by atoms with Gasteiger partial charge in [0.25, 0.3) is 0 Å². The quantitative estimate of drug-likeness (QED) is 0.0171. The van der Waals surface area contributed by atoms with Crippen LogP contribution in [0.5, 0.6) is 17.2 Å². The van der Waals surface area contributed by atoms with E-state index in [1.807, 2.05) is 115 Å². The van der Waals surface area contributed by atoms with Crippen LogP contribution >= 0.6 is 31.9 Å². The molecule has 112 heavy (non-hydrogen) atoms. The Morgan fingerprint density at radius 3 is 1.04 bits per heavy atom. The SMILES string of the molecule is COC(=O)C1=C(N)CCCC1.COC(=O)C1=C(NC(=O)CCc2cccc(-c3ccc(O)cc3)c2)CCCC1.COC(=O)C1=C(NC(=O)CCc2cccc(Br)c2)CCCC1.O=C(CCc1cccc(-c2ccc(O)cc2)c1)NC1=C(C(=O)O)CCCC1.O=C(O)CCc1cccc(Br)c1.OB(O)c1ccc(O)cc1.[Na+].[OH-]. The summed E-state index contributed by atoms with van der Waals surface area (Å²) in [5, 5.41) is 71.1. The van der Waals surface area contributed by atoms with Gasteiger partial charge in [0.05, 0.1) is 43.6 Å². The number of rotatable bonds is 22. The van der Waals surface area contributed by atoms with Crippen molar-refractivity contribution < 1.29 is 123 Å². The number of halogens is 2. The van der Waals surface area contributed by atoms with Crippen molar-refractivity contribution in [2.75, 3.05) is 21.3 Å². The largest absolute Gasteiger partial charge is 1.00 e. The molecule has 27 heteroatoms. The van der Waals surface area contributed by atoms with Gasteiger partial charge in [0.15, 0.2) is 0 Å². The van der Waals surface area contributed by atoms with E-state index >= 15 is 0 Å². The summed E-state index contributed by atoms with van der Waals surface area (Å²) in [5.41, 5.74) is 19.3. The molecule has 0 spiro atoms. The Morgan fingerprint density at radius 1 is 0.393 bits per heavy atom. The first-order valence-corrected chi connectivity index (χ1v) is 38.1. The Bertz CT molecular complexity index is 4400. The van der Waals surface area contributed by atoms with Crippen molar-refractivity contribution in [1.82, 2.24) is 16.0 Å². The number of aryl methyl sites for hydroxylation is 4. The third-order valence-electron chi connectivity index (χ3n) is 18.1. The minimum atomic E-state index is -1.46. The van der Waals surface area contributed by atoms with Crippen LogP contribution < -0.4 is 56.7 Å². The monoisotopic (exact) mass is 1670 g/mol. The molecule has 0 atom stereocenters. The Morgan fingerprint density at radius 2 is 0.696 bits per heavy atom. The maximum Gasteiger partial charge on any atom is 1.00 e. The summed E-state index contributed by atoms with van der Waals surface area (Å²) < 4.78 is 16.2. The van der Waals surface area contributed by atoms with E-state index in [-0.39, 0.29) is 94.3 Å². The maximum atomic E-state index is 12.4. The number of aliphatic carboxylic acids is 2. The Balaban J connectivity index is 0.000000295. The number of phenols is 3. The molecule has 0 unspecified atom stereocenters. The molecule has 0 saturated heterocycles. The van der Waals surface area contributed by atoms with Crippen molar-refractivity contribution in [1.29, 1.82) is 0 Å². The zero-order valence-corrected chi connectivity index (χ0v) is 68.8. The molecule has 0 saturated carbocycles. The van der Waals surface area contributed by atoms with Crippen LogP contribution in [0.2, 0.25) is 0 Å². The second-order valence-corrected chi connectivity index (χ2v) is 28.1. The van der Waals surface area contributed by atoms with Gasteiger partial charge in [0.2, 0.25) is 17.7 Å². The molecule has 11 rings (SSSR count). The number of phenolic OH excluding ortho intramolecular Hbond substituents is 3. The number of benzene rings is 7. The summed E-state index contributed by atoms with van der Waals surface area (Å²) in [4.78, 5) is 93.0. The Labute approximate surface area is 692 Å². The summed E-state index contributed by atoms with van der Waals surface area (Å²) in [6.07, 6.45) is 16.9. The van der Waals surface area contributed by atoms with Gasteiger partial charge in [-0.05, 0) is 239 Å². The number of aromatic hydroxyl groups is 3. The average molecular weight is 1670 g/mol. The first kappa shape index (κ1) is 94.7. The maximum absolute atomic E-state index is 12.4.